The number of aliphatic hydroxyl groups excluding tert-OH is 1. The predicted octanol–water partition coefficient (Wildman–Crippen LogP) is 2.42. The second-order valence-electron chi connectivity index (χ2n) is 4.66. The van der Waals surface area contributed by atoms with Crippen LogP contribution in [0.25, 0.3) is 0 Å². The van der Waals surface area contributed by atoms with Gasteiger partial charge in [-0.05, 0) is 37.1 Å². The quantitative estimate of drug-likeness (QED) is 0.843. The Labute approximate surface area is 115 Å². The van der Waals surface area contributed by atoms with E-state index in [1.165, 1.54) is 0 Å². The molecule has 0 aromatic heterocycles. The van der Waals surface area contributed by atoms with Gasteiger partial charge >= 0.3 is 0 Å². The molecule has 0 bridgehead atoms. The largest absolute Gasteiger partial charge is 0.396 e. The average Bonchev–Trinajstić information content (AvgIpc) is 2.75. The van der Waals surface area contributed by atoms with E-state index in [2.05, 4.69) is 21.2 Å². The van der Waals surface area contributed by atoms with Crippen LogP contribution >= 0.6 is 15.9 Å². The molecule has 0 aliphatic heterocycles. The summed E-state index contributed by atoms with van der Waals surface area (Å²) in [5, 5.41) is 12.0. The van der Waals surface area contributed by atoms with Crippen LogP contribution in [0.5, 0.6) is 0 Å². The second-order valence-corrected chi connectivity index (χ2v) is 5.58. The van der Waals surface area contributed by atoms with Crippen molar-refractivity contribution in [2.75, 3.05) is 6.61 Å². The fraction of sp³-hybridized carbons (Fsp3) is 0.357. The third-order valence-corrected chi connectivity index (χ3v) is 3.49. The van der Waals surface area contributed by atoms with Crippen LogP contribution in [0.4, 0.5) is 0 Å². The molecule has 1 aromatic carbocycles. The highest BCUT2D eigenvalue weighted by molar-refractivity contribution is 9.10. The van der Waals surface area contributed by atoms with E-state index in [1.54, 1.807) is 0 Å². The number of hydrogen-bond acceptors (Lipinski definition) is 2. The predicted molar refractivity (Wildman–Crippen MR) is 74.5 cm³/mol. The molecule has 2 N–H and O–H groups in total. The molecule has 3 nitrogen and oxygen atoms in total. The van der Waals surface area contributed by atoms with Crippen molar-refractivity contribution < 1.29 is 9.90 Å². The first-order chi connectivity index (χ1) is 8.58. The summed E-state index contributed by atoms with van der Waals surface area (Å²) in [6.07, 6.45) is 4.68. The van der Waals surface area contributed by atoms with Crippen molar-refractivity contribution >= 4 is 21.8 Å². The lowest BCUT2D eigenvalue weighted by molar-refractivity contribution is 0.0941. The van der Waals surface area contributed by atoms with Gasteiger partial charge in [0.05, 0.1) is 0 Å². The molecule has 1 amide bonds. The Kier molecular flexibility index (Phi) is 4.19. The number of carbonyl (C=O) groups is 1. The zero-order chi connectivity index (χ0) is 13.1. The van der Waals surface area contributed by atoms with E-state index < -0.39 is 0 Å². The van der Waals surface area contributed by atoms with Crippen LogP contribution in [0.3, 0.4) is 0 Å². The number of aryl methyl sites for hydroxylation is 1. The lowest BCUT2D eigenvalue weighted by atomic mass is 10.1. The molecule has 0 saturated heterocycles. The molecule has 1 aliphatic carbocycles. The van der Waals surface area contributed by atoms with Gasteiger partial charge in [0.1, 0.15) is 0 Å². The molecule has 0 saturated carbocycles. The van der Waals surface area contributed by atoms with Crippen molar-refractivity contribution in [3.63, 3.8) is 0 Å². The summed E-state index contributed by atoms with van der Waals surface area (Å²) in [6.45, 7) is 2.09. The number of nitrogens with one attached hydrogen (secondary N) is 1. The van der Waals surface area contributed by atoms with Crippen LogP contribution in [0.2, 0.25) is 0 Å². The van der Waals surface area contributed by atoms with E-state index in [9.17, 15) is 4.79 Å². The molecule has 0 spiro atoms. The van der Waals surface area contributed by atoms with Gasteiger partial charge in [-0.15, -0.1) is 0 Å². The zero-order valence-corrected chi connectivity index (χ0v) is 11.8. The third kappa shape index (κ3) is 3.21. The van der Waals surface area contributed by atoms with E-state index in [0.29, 0.717) is 5.56 Å². The number of carbonyl (C=O) groups excluding carboxylic acids is 1. The maximum Gasteiger partial charge on any atom is 0.251 e. The summed E-state index contributed by atoms with van der Waals surface area (Å²) in [7, 11) is 0. The van der Waals surface area contributed by atoms with E-state index in [0.717, 1.165) is 16.5 Å². The molecule has 0 radical (unpaired) electrons. The summed E-state index contributed by atoms with van der Waals surface area (Å²) < 4.78 is 0.905. The van der Waals surface area contributed by atoms with E-state index in [1.807, 2.05) is 37.3 Å². The highest BCUT2D eigenvalue weighted by Gasteiger charge is 2.20. The maximum absolute atomic E-state index is 12.1. The van der Waals surface area contributed by atoms with E-state index >= 15 is 0 Å². The van der Waals surface area contributed by atoms with Crippen LogP contribution in [0.1, 0.15) is 22.3 Å². The minimum atomic E-state index is -0.0763. The third-order valence-electron chi connectivity index (χ3n) is 3.03. The van der Waals surface area contributed by atoms with Crippen molar-refractivity contribution in [2.24, 2.45) is 5.92 Å². The summed E-state index contributed by atoms with van der Waals surface area (Å²) in [5.41, 5.74) is 1.70. The molecule has 2 rings (SSSR count). The van der Waals surface area contributed by atoms with Gasteiger partial charge in [-0.3, -0.25) is 4.79 Å². The normalized spacial score (nSPS) is 22.2. The van der Waals surface area contributed by atoms with Crippen molar-refractivity contribution in [3.05, 3.63) is 46.0 Å². The highest BCUT2D eigenvalue weighted by atomic mass is 79.9. The van der Waals surface area contributed by atoms with Crippen LogP contribution < -0.4 is 5.32 Å². The first kappa shape index (κ1) is 13.3. The monoisotopic (exact) mass is 309 g/mol. The van der Waals surface area contributed by atoms with Crippen LogP contribution in [0, 0.1) is 12.8 Å². The Morgan fingerprint density at radius 1 is 1.44 bits per heavy atom. The summed E-state index contributed by atoms with van der Waals surface area (Å²) in [4.78, 5) is 12.1. The SMILES string of the molecule is Cc1cc(Br)cc(C(=O)N[C@@H]2C=C[C@H](CO)C2)c1. The second kappa shape index (κ2) is 5.67. The van der Waals surface area contributed by atoms with Crippen molar-refractivity contribution in [2.45, 2.75) is 19.4 Å². The van der Waals surface area contributed by atoms with Gasteiger partial charge in [0.2, 0.25) is 0 Å². The molecule has 96 valence electrons. The molecule has 0 unspecified atom stereocenters. The summed E-state index contributed by atoms with van der Waals surface area (Å²) in [6, 6.07) is 5.66. The molecule has 1 aromatic rings. The van der Waals surface area contributed by atoms with Gasteiger partial charge in [0.15, 0.2) is 0 Å². The maximum atomic E-state index is 12.1. The molecular weight excluding hydrogens is 294 g/mol. The Morgan fingerprint density at radius 2 is 2.22 bits per heavy atom. The smallest absolute Gasteiger partial charge is 0.251 e. The van der Waals surface area contributed by atoms with Crippen molar-refractivity contribution in [3.8, 4) is 0 Å². The molecule has 0 heterocycles. The van der Waals surface area contributed by atoms with Crippen molar-refractivity contribution in [1.29, 1.82) is 0 Å². The topological polar surface area (TPSA) is 49.3 Å². The number of benzene rings is 1. The number of halogens is 1. The zero-order valence-electron chi connectivity index (χ0n) is 10.2. The van der Waals surface area contributed by atoms with E-state index in [4.69, 9.17) is 5.11 Å². The minimum absolute atomic E-state index is 0.0222. The fourth-order valence-corrected chi connectivity index (χ4v) is 2.74. The minimum Gasteiger partial charge on any atom is -0.396 e. The average molecular weight is 310 g/mol. The first-order valence-corrected chi connectivity index (χ1v) is 6.75. The molecular formula is C14H16BrNO2. The van der Waals surface area contributed by atoms with Crippen LogP contribution in [0.15, 0.2) is 34.8 Å². The van der Waals surface area contributed by atoms with Gasteiger partial charge in [0.25, 0.3) is 5.91 Å². The first-order valence-electron chi connectivity index (χ1n) is 5.95. The molecule has 0 fully saturated rings. The van der Waals surface area contributed by atoms with Gasteiger partial charge in [-0.1, -0.05) is 28.1 Å². The van der Waals surface area contributed by atoms with Crippen LogP contribution in [-0.2, 0) is 0 Å². The Morgan fingerprint density at radius 3 is 2.83 bits per heavy atom. The van der Waals surface area contributed by atoms with Gasteiger partial charge in [0, 0.05) is 28.6 Å². The molecule has 2 atom stereocenters. The summed E-state index contributed by atoms with van der Waals surface area (Å²) >= 11 is 3.39. The lowest BCUT2D eigenvalue weighted by Gasteiger charge is -2.13. The molecule has 4 heteroatoms. The fourth-order valence-electron chi connectivity index (χ4n) is 2.14. The Hall–Kier alpha value is -1.13. The highest BCUT2D eigenvalue weighted by Crippen LogP contribution is 2.19. The molecule has 1 aliphatic rings. The van der Waals surface area contributed by atoms with Gasteiger partial charge in [-0.25, -0.2) is 0 Å². The molecule has 18 heavy (non-hydrogen) atoms. The number of hydrogen-bond donors (Lipinski definition) is 2. The van der Waals surface area contributed by atoms with Crippen LogP contribution in [-0.4, -0.2) is 23.7 Å². The standard InChI is InChI=1S/C14H16BrNO2/c1-9-4-11(7-12(15)5-9)14(18)16-13-3-2-10(6-13)8-17/h2-5,7,10,13,17H,6,8H2,1H3,(H,16,18)/t10-,13+/m0/s1. The van der Waals surface area contributed by atoms with Crippen molar-refractivity contribution in [1.82, 2.24) is 5.32 Å². The Bertz CT molecular complexity index is 464. The summed E-state index contributed by atoms with van der Waals surface area (Å²) in [5.74, 6) is 0.0900. The number of amides is 1. The van der Waals surface area contributed by atoms with Gasteiger partial charge in [-0.2, -0.15) is 0 Å². The van der Waals surface area contributed by atoms with E-state index in [-0.39, 0.29) is 24.5 Å². The number of aliphatic hydroxyl groups is 1. The Balaban J connectivity index is 2.02. The number of rotatable bonds is 3. The lowest BCUT2D eigenvalue weighted by Crippen LogP contribution is -2.32. The van der Waals surface area contributed by atoms with Gasteiger partial charge < -0.3 is 10.4 Å².